The number of pyridine rings is 1. The highest BCUT2D eigenvalue weighted by molar-refractivity contribution is 5.99. The van der Waals surface area contributed by atoms with Gasteiger partial charge >= 0.3 is 0 Å². The van der Waals surface area contributed by atoms with Gasteiger partial charge in [0.05, 0.1) is 5.52 Å². The van der Waals surface area contributed by atoms with Crippen LogP contribution >= 0.6 is 0 Å². The molecule has 3 rings (SSSR count). The Morgan fingerprint density at radius 2 is 2.00 bits per heavy atom. The van der Waals surface area contributed by atoms with Crippen LogP contribution in [-0.4, -0.2) is 17.3 Å². The molecule has 2 aromatic rings. The minimum absolute atomic E-state index is 0.0270. The standard InChI is InChI=1S/C18H22N2O/c19-13-18(8-2-1-3-9-18)12-17(21)15-6-7-16-14(11-15)5-4-10-20-16/h4-7,10-11H,1-3,8-9,12-13,19H2. The molecule has 0 radical (unpaired) electrons. The smallest absolute Gasteiger partial charge is 0.163 e. The van der Waals surface area contributed by atoms with Gasteiger partial charge in [-0.3, -0.25) is 9.78 Å². The largest absolute Gasteiger partial charge is 0.330 e. The molecule has 0 aliphatic heterocycles. The van der Waals surface area contributed by atoms with Gasteiger partial charge in [0.1, 0.15) is 0 Å². The van der Waals surface area contributed by atoms with E-state index in [4.69, 9.17) is 5.73 Å². The van der Waals surface area contributed by atoms with Crippen molar-refractivity contribution >= 4 is 16.7 Å². The molecule has 1 fully saturated rings. The number of ketones is 1. The molecule has 1 heterocycles. The minimum atomic E-state index is 0.0270. The molecule has 0 unspecified atom stereocenters. The zero-order chi connectivity index (χ0) is 14.7. The quantitative estimate of drug-likeness (QED) is 0.870. The summed E-state index contributed by atoms with van der Waals surface area (Å²) in [5, 5.41) is 1.02. The van der Waals surface area contributed by atoms with E-state index in [-0.39, 0.29) is 11.2 Å². The lowest BCUT2D eigenvalue weighted by molar-refractivity contribution is 0.0868. The molecule has 0 amide bonds. The highest BCUT2D eigenvalue weighted by Crippen LogP contribution is 2.39. The van der Waals surface area contributed by atoms with Gasteiger partial charge in [0.15, 0.2) is 5.78 Å². The fourth-order valence-corrected chi connectivity index (χ4v) is 3.45. The van der Waals surface area contributed by atoms with Crippen molar-refractivity contribution in [1.29, 1.82) is 0 Å². The first-order valence-electron chi connectivity index (χ1n) is 7.81. The monoisotopic (exact) mass is 282 g/mol. The normalized spacial score (nSPS) is 17.8. The zero-order valence-corrected chi connectivity index (χ0v) is 12.3. The fraction of sp³-hybridized carbons (Fsp3) is 0.444. The maximum Gasteiger partial charge on any atom is 0.163 e. The predicted molar refractivity (Wildman–Crippen MR) is 85.3 cm³/mol. The van der Waals surface area contributed by atoms with Crippen molar-refractivity contribution in [3.63, 3.8) is 0 Å². The lowest BCUT2D eigenvalue weighted by Crippen LogP contribution is -2.35. The zero-order valence-electron chi connectivity index (χ0n) is 12.3. The van der Waals surface area contributed by atoms with Crippen molar-refractivity contribution in [2.75, 3.05) is 6.54 Å². The summed E-state index contributed by atoms with van der Waals surface area (Å²) in [6.07, 6.45) is 8.20. The van der Waals surface area contributed by atoms with Gasteiger partial charge < -0.3 is 5.73 Å². The average molecular weight is 282 g/mol. The molecule has 1 aromatic heterocycles. The molecule has 0 atom stereocenters. The number of hydrogen-bond acceptors (Lipinski definition) is 3. The van der Waals surface area contributed by atoms with Crippen molar-refractivity contribution in [2.45, 2.75) is 38.5 Å². The average Bonchev–Trinajstić information content (AvgIpc) is 2.55. The van der Waals surface area contributed by atoms with Crippen molar-refractivity contribution in [3.8, 4) is 0 Å². The highest BCUT2D eigenvalue weighted by atomic mass is 16.1. The lowest BCUT2D eigenvalue weighted by Gasteiger charge is -2.35. The van der Waals surface area contributed by atoms with Gasteiger partial charge in [-0.2, -0.15) is 0 Å². The van der Waals surface area contributed by atoms with Crippen LogP contribution in [0.25, 0.3) is 10.9 Å². The molecular weight excluding hydrogens is 260 g/mol. The summed E-state index contributed by atoms with van der Waals surface area (Å²) in [5.41, 5.74) is 7.74. The molecule has 1 saturated carbocycles. The summed E-state index contributed by atoms with van der Waals surface area (Å²) in [6, 6.07) is 9.68. The van der Waals surface area contributed by atoms with Gasteiger partial charge in [-0.15, -0.1) is 0 Å². The maximum atomic E-state index is 12.6. The van der Waals surface area contributed by atoms with Gasteiger partial charge in [-0.05, 0) is 49.1 Å². The van der Waals surface area contributed by atoms with E-state index in [2.05, 4.69) is 4.98 Å². The number of hydrogen-bond donors (Lipinski definition) is 1. The Kier molecular flexibility index (Phi) is 4.02. The summed E-state index contributed by atoms with van der Waals surface area (Å²) < 4.78 is 0. The second-order valence-electron chi connectivity index (χ2n) is 6.28. The van der Waals surface area contributed by atoms with Crippen LogP contribution in [0.1, 0.15) is 48.9 Å². The number of carbonyl (C=O) groups is 1. The molecule has 1 aliphatic rings. The molecule has 1 aliphatic carbocycles. The summed E-state index contributed by atoms with van der Waals surface area (Å²) in [4.78, 5) is 16.9. The second kappa shape index (κ2) is 5.94. The predicted octanol–water partition coefficient (Wildman–Crippen LogP) is 3.72. The van der Waals surface area contributed by atoms with E-state index in [1.165, 1.54) is 19.3 Å². The minimum Gasteiger partial charge on any atom is -0.330 e. The highest BCUT2D eigenvalue weighted by Gasteiger charge is 2.33. The van der Waals surface area contributed by atoms with E-state index in [9.17, 15) is 4.79 Å². The van der Waals surface area contributed by atoms with Gasteiger partial charge in [0, 0.05) is 23.6 Å². The topological polar surface area (TPSA) is 56.0 Å². The summed E-state index contributed by atoms with van der Waals surface area (Å²) in [6.45, 7) is 0.619. The number of fused-ring (bicyclic) bond motifs is 1. The Bertz CT molecular complexity index is 644. The molecule has 2 N–H and O–H groups in total. The van der Waals surface area contributed by atoms with Gasteiger partial charge in [-0.1, -0.05) is 25.3 Å². The molecular formula is C18H22N2O. The molecule has 110 valence electrons. The van der Waals surface area contributed by atoms with Gasteiger partial charge in [0.2, 0.25) is 0 Å². The number of nitrogens with two attached hydrogens (primary N) is 1. The Labute approximate surface area is 125 Å². The molecule has 0 saturated heterocycles. The van der Waals surface area contributed by atoms with Crippen molar-refractivity contribution in [2.24, 2.45) is 11.1 Å². The van der Waals surface area contributed by atoms with Crippen LogP contribution in [0, 0.1) is 5.41 Å². The number of nitrogens with zero attached hydrogens (tertiary/aromatic N) is 1. The SMILES string of the molecule is NCC1(CC(=O)c2ccc3ncccc3c2)CCCCC1. The number of aromatic nitrogens is 1. The van der Waals surface area contributed by atoms with Crippen LogP contribution in [0.15, 0.2) is 36.5 Å². The molecule has 1 aromatic carbocycles. The van der Waals surface area contributed by atoms with E-state index >= 15 is 0 Å². The first kappa shape index (κ1) is 14.2. The van der Waals surface area contributed by atoms with Gasteiger partial charge in [0.25, 0.3) is 0 Å². The van der Waals surface area contributed by atoms with E-state index in [0.717, 1.165) is 29.3 Å². The number of benzene rings is 1. The summed E-state index contributed by atoms with van der Waals surface area (Å²) in [7, 11) is 0. The number of Topliss-reactive ketones (excluding diaryl/α,β-unsaturated/α-hetero) is 1. The first-order valence-corrected chi connectivity index (χ1v) is 7.81. The van der Waals surface area contributed by atoms with Crippen LogP contribution < -0.4 is 5.73 Å². The Balaban J connectivity index is 1.82. The molecule has 3 nitrogen and oxygen atoms in total. The van der Waals surface area contributed by atoms with E-state index < -0.39 is 0 Å². The fourth-order valence-electron chi connectivity index (χ4n) is 3.45. The maximum absolute atomic E-state index is 12.6. The van der Waals surface area contributed by atoms with E-state index in [0.29, 0.717) is 13.0 Å². The molecule has 0 bridgehead atoms. The third-order valence-electron chi connectivity index (χ3n) is 4.81. The number of rotatable bonds is 4. The molecule has 3 heteroatoms. The summed E-state index contributed by atoms with van der Waals surface area (Å²) in [5.74, 6) is 0.216. The van der Waals surface area contributed by atoms with Crippen LogP contribution in [0.4, 0.5) is 0 Å². The van der Waals surface area contributed by atoms with Crippen LogP contribution in [0.3, 0.4) is 0 Å². The summed E-state index contributed by atoms with van der Waals surface area (Å²) >= 11 is 0. The lowest BCUT2D eigenvalue weighted by atomic mass is 9.70. The van der Waals surface area contributed by atoms with E-state index in [1.807, 2.05) is 30.3 Å². The van der Waals surface area contributed by atoms with Crippen molar-refractivity contribution in [3.05, 3.63) is 42.1 Å². The Hall–Kier alpha value is -1.74. The van der Waals surface area contributed by atoms with E-state index in [1.54, 1.807) is 6.20 Å². The Morgan fingerprint density at radius 1 is 1.19 bits per heavy atom. The van der Waals surface area contributed by atoms with Crippen LogP contribution in [-0.2, 0) is 0 Å². The van der Waals surface area contributed by atoms with Gasteiger partial charge in [-0.25, -0.2) is 0 Å². The second-order valence-corrected chi connectivity index (χ2v) is 6.28. The van der Waals surface area contributed by atoms with Crippen LogP contribution in [0.5, 0.6) is 0 Å². The Morgan fingerprint density at radius 3 is 2.76 bits per heavy atom. The van der Waals surface area contributed by atoms with Crippen molar-refractivity contribution in [1.82, 2.24) is 4.98 Å². The van der Waals surface area contributed by atoms with Crippen molar-refractivity contribution < 1.29 is 4.79 Å². The molecule has 0 spiro atoms. The third kappa shape index (κ3) is 2.98. The van der Waals surface area contributed by atoms with Crippen LogP contribution in [0.2, 0.25) is 0 Å². The first-order chi connectivity index (χ1) is 10.2. The molecule has 21 heavy (non-hydrogen) atoms. The third-order valence-corrected chi connectivity index (χ3v) is 4.81. The number of carbonyl (C=O) groups excluding carboxylic acids is 1.